The van der Waals surface area contributed by atoms with Crippen LogP contribution in [0.4, 0.5) is 0 Å². The maximum Gasteiger partial charge on any atom is 0.290 e. The molecule has 4 heteroatoms. The summed E-state index contributed by atoms with van der Waals surface area (Å²) in [5.74, 6) is 0.908. The van der Waals surface area contributed by atoms with Crippen LogP contribution < -0.4 is 10.5 Å². The summed E-state index contributed by atoms with van der Waals surface area (Å²) in [5, 5.41) is 6.89. The number of ether oxygens (including phenoxy) is 1. The molecule has 0 unspecified atom stereocenters. The fourth-order valence-electron chi connectivity index (χ4n) is 1.22. The summed E-state index contributed by atoms with van der Waals surface area (Å²) in [6.07, 6.45) is 2.32. The Bertz CT molecular complexity index is 273. The van der Waals surface area contributed by atoms with Crippen molar-refractivity contribution in [1.82, 2.24) is 0 Å². The minimum Gasteiger partial charge on any atom is -0.492 e. The molecule has 1 aromatic carbocycles. The Labute approximate surface area is 110 Å². The van der Waals surface area contributed by atoms with Gasteiger partial charge in [-0.3, -0.25) is 4.79 Å². The van der Waals surface area contributed by atoms with E-state index in [4.69, 9.17) is 20.4 Å². The lowest BCUT2D eigenvalue weighted by Gasteiger charge is -2.04. The summed E-state index contributed by atoms with van der Waals surface area (Å²) < 4.78 is 5.36. The standard InChI is InChI=1S/C11H17NO.C2H6.CH2O2/c1-2-3-10-4-6-11(7-5-10)13-9-8-12;1-2;2-1-3/h4-7H,2-3,8-9,12H2,1H3;1-2H3;1H,(H,2,3). The molecule has 0 saturated carbocycles. The zero-order chi connectivity index (χ0) is 14.2. The minimum atomic E-state index is -0.250. The summed E-state index contributed by atoms with van der Waals surface area (Å²) in [4.78, 5) is 8.36. The Morgan fingerprint density at radius 2 is 1.78 bits per heavy atom. The van der Waals surface area contributed by atoms with Gasteiger partial charge in [-0.1, -0.05) is 39.3 Å². The van der Waals surface area contributed by atoms with E-state index in [-0.39, 0.29) is 6.47 Å². The van der Waals surface area contributed by atoms with Crippen LogP contribution in [-0.2, 0) is 11.2 Å². The molecule has 0 aliphatic heterocycles. The topological polar surface area (TPSA) is 72.5 Å². The molecule has 1 rings (SSSR count). The van der Waals surface area contributed by atoms with Crippen molar-refractivity contribution < 1.29 is 14.6 Å². The average molecular weight is 255 g/mol. The lowest BCUT2D eigenvalue weighted by molar-refractivity contribution is -0.122. The van der Waals surface area contributed by atoms with Gasteiger partial charge < -0.3 is 15.6 Å². The highest BCUT2D eigenvalue weighted by Crippen LogP contribution is 2.12. The van der Waals surface area contributed by atoms with Gasteiger partial charge in [0.1, 0.15) is 12.4 Å². The van der Waals surface area contributed by atoms with Gasteiger partial charge >= 0.3 is 0 Å². The number of benzene rings is 1. The van der Waals surface area contributed by atoms with Crippen LogP contribution in [0.5, 0.6) is 5.75 Å². The van der Waals surface area contributed by atoms with Gasteiger partial charge in [0.2, 0.25) is 0 Å². The van der Waals surface area contributed by atoms with Crippen molar-refractivity contribution >= 4 is 6.47 Å². The Kier molecular flexibility index (Phi) is 16.1. The molecule has 104 valence electrons. The minimum absolute atomic E-state index is 0.250. The molecule has 1 aromatic rings. The first kappa shape index (κ1) is 18.8. The molecule has 0 amide bonds. The molecule has 0 radical (unpaired) electrons. The summed E-state index contributed by atoms with van der Waals surface area (Å²) in [5.41, 5.74) is 6.69. The number of nitrogens with two attached hydrogens (primary N) is 1. The molecule has 0 aliphatic rings. The number of hydrogen-bond acceptors (Lipinski definition) is 3. The van der Waals surface area contributed by atoms with Gasteiger partial charge in [0.05, 0.1) is 0 Å². The number of rotatable bonds is 5. The number of hydrogen-bond donors (Lipinski definition) is 2. The summed E-state index contributed by atoms with van der Waals surface area (Å²) in [6, 6.07) is 8.21. The van der Waals surface area contributed by atoms with Gasteiger partial charge in [-0.25, -0.2) is 0 Å². The third-order valence-corrected chi connectivity index (χ3v) is 1.85. The molecule has 0 spiro atoms. The first-order chi connectivity index (χ1) is 8.78. The summed E-state index contributed by atoms with van der Waals surface area (Å²) >= 11 is 0. The second-order valence-electron chi connectivity index (χ2n) is 3.14. The van der Waals surface area contributed by atoms with Crippen molar-refractivity contribution in [3.8, 4) is 5.75 Å². The van der Waals surface area contributed by atoms with E-state index in [2.05, 4.69) is 19.1 Å². The Morgan fingerprint density at radius 3 is 2.17 bits per heavy atom. The molecular weight excluding hydrogens is 230 g/mol. The van der Waals surface area contributed by atoms with Gasteiger partial charge in [-0.15, -0.1) is 0 Å². The van der Waals surface area contributed by atoms with Crippen LogP contribution in [0.3, 0.4) is 0 Å². The van der Waals surface area contributed by atoms with Crippen LogP contribution in [0.2, 0.25) is 0 Å². The predicted octanol–water partition coefficient (Wildman–Crippen LogP) is 2.70. The molecule has 0 saturated heterocycles. The van der Waals surface area contributed by atoms with E-state index in [9.17, 15) is 0 Å². The second kappa shape index (κ2) is 15.4. The van der Waals surface area contributed by atoms with Gasteiger partial charge in [-0.05, 0) is 24.1 Å². The van der Waals surface area contributed by atoms with Crippen molar-refractivity contribution in [2.45, 2.75) is 33.6 Å². The lowest BCUT2D eigenvalue weighted by atomic mass is 10.1. The number of carbonyl (C=O) groups is 1. The smallest absolute Gasteiger partial charge is 0.290 e. The molecule has 18 heavy (non-hydrogen) atoms. The molecule has 0 atom stereocenters. The molecular formula is C14H25NO3. The average Bonchev–Trinajstić information content (AvgIpc) is 2.42. The Hall–Kier alpha value is -1.55. The first-order valence-corrected chi connectivity index (χ1v) is 6.28. The highest BCUT2D eigenvalue weighted by molar-refractivity contribution is 5.32. The number of carboxylic acid groups (broad SMARTS) is 1. The first-order valence-electron chi connectivity index (χ1n) is 6.28. The molecule has 0 fully saturated rings. The van der Waals surface area contributed by atoms with Gasteiger partial charge in [0.15, 0.2) is 0 Å². The lowest BCUT2D eigenvalue weighted by Crippen LogP contribution is -2.10. The van der Waals surface area contributed by atoms with Crippen molar-refractivity contribution in [1.29, 1.82) is 0 Å². The van der Waals surface area contributed by atoms with E-state index in [1.807, 2.05) is 26.0 Å². The van der Waals surface area contributed by atoms with E-state index in [1.165, 1.54) is 12.0 Å². The van der Waals surface area contributed by atoms with Gasteiger partial charge in [0, 0.05) is 6.54 Å². The Balaban J connectivity index is 0. The van der Waals surface area contributed by atoms with Crippen LogP contribution in [0.1, 0.15) is 32.8 Å². The van der Waals surface area contributed by atoms with Crippen molar-refractivity contribution in [3.63, 3.8) is 0 Å². The van der Waals surface area contributed by atoms with Crippen molar-refractivity contribution in [2.24, 2.45) is 5.73 Å². The van der Waals surface area contributed by atoms with E-state index in [1.54, 1.807) is 0 Å². The fraction of sp³-hybridized carbons (Fsp3) is 0.500. The summed E-state index contributed by atoms with van der Waals surface area (Å²) in [6.45, 7) is 7.09. The largest absolute Gasteiger partial charge is 0.492 e. The molecule has 0 aromatic heterocycles. The third-order valence-electron chi connectivity index (χ3n) is 1.85. The molecule has 0 bridgehead atoms. The Morgan fingerprint density at radius 1 is 1.28 bits per heavy atom. The highest BCUT2D eigenvalue weighted by atomic mass is 16.5. The van der Waals surface area contributed by atoms with E-state index in [0.717, 1.165) is 12.2 Å². The van der Waals surface area contributed by atoms with Crippen molar-refractivity contribution in [3.05, 3.63) is 29.8 Å². The SMILES string of the molecule is CC.CCCc1ccc(OCCN)cc1.O=CO. The zero-order valence-electron chi connectivity index (χ0n) is 11.6. The molecule has 0 heterocycles. The van der Waals surface area contributed by atoms with Crippen LogP contribution in [-0.4, -0.2) is 24.7 Å². The second-order valence-corrected chi connectivity index (χ2v) is 3.14. The predicted molar refractivity (Wildman–Crippen MR) is 75.0 cm³/mol. The monoisotopic (exact) mass is 255 g/mol. The quantitative estimate of drug-likeness (QED) is 0.793. The maximum absolute atomic E-state index is 8.36. The summed E-state index contributed by atoms with van der Waals surface area (Å²) in [7, 11) is 0. The zero-order valence-corrected chi connectivity index (χ0v) is 11.6. The van der Waals surface area contributed by atoms with E-state index < -0.39 is 0 Å². The van der Waals surface area contributed by atoms with E-state index >= 15 is 0 Å². The third kappa shape index (κ3) is 11.0. The molecule has 4 nitrogen and oxygen atoms in total. The molecule has 3 N–H and O–H groups in total. The highest BCUT2D eigenvalue weighted by Gasteiger charge is 1.93. The normalized spacial score (nSPS) is 8.22. The molecule has 0 aliphatic carbocycles. The van der Waals surface area contributed by atoms with Gasteiger partial charge in [-0.2, -0.15) is 0 Å². The fourth-order valence-corrected chi connectivity index (χ4v) is 1.22. The van der Waals surface area contributed by atoms with Crippen LogP contribution in [0.25, 0.3) is 0 Å². The van der Waals surface area contributed by atoms with Crippen molar-refractivity contribution in [2.75, 3.05) is 13.2 Å². The number of aryl methyl sites for hydroxylation is 1. The van der Waals surface area contributed by atoms with Crippen LogP contribution in [0, 0.1) is 0 Å². The van der Waals surface area contributed by atoms with Crippen LogP contribution >= 0.6 is 0 Å². The van der Waals surface area contributed by atoms with E-state index in [0.29, 0.717) is 13.2 Å². The maximum atomic E-state index is 8.36. The van der Waals surface area contributed by atoms with Crippen LogP contribution in [0.15, 0.2) is 24.3 Å². The van der Waals surface area contributed by atoms with Gasteiger partial charge in [0.25, 0.3) is 6.47 Å².